The van der Waals surface area contributed by atoms with Crippen molar-refractivity contribution >= 4 is 16.7 Å². The zero-order chi connectivity index (χ0) is 14.1. The first-order chi connectivity index (χ1) is 9.66. The molecule has 2 aromatic carbocycles. The predicted octanol–water partition coefficient (Wildman–Crippen LogP) is 1.89. The molecule has 0 unspecified atom stereocenters. The molecular formula is C14H12N4O2. The summed E-state index contributed by atoms with van der Waals surface area (Å²) in [4.78, 5) is 10.9. The lowest BCUT2D eigenvalue weighted by Crippen LogP contribution is -2.12. The molecule has 0 spiro atoms. The van der Waals surface area contributed by atoms with Crippen LogP contribution in [0.1, 0.15) is 5.56 Å². The van der Waals surface area contributed by atoms with Gasteiger partial charge in [-0.05, 0) is 33.7 Å². The Morgan fingerprint density at radius 2 is 2.05 bits per heavy atom. The van der Waals surface area contributed by atoms with E-state index in [0.717, 1.165) is 21.9 Å². The zero-order valence-corrected chi connectivity index (χ0v) is 10.8. The minimum Gasteiger partial charge on any atom is -0.480 e. The van der Waals surface area contributed by atoms with Crippen LogP contribution in [0.25, 0.3) is 22.2 Å². The Morgan fingerprint density at radius 3 is 2.85 bits per heavy atom. The van der Waals surface area contributed by atoms with Crippen molar-refractivity contribution in [3.8, 4) is 11.4 Å². The van der Waals surface area contributed by atoms with Gasteiger partial charge in [-0.3, -0.25) is 4.79 Å². The topological polar surface area (TPSA) is 80.9 Å². The zero-order valence-electron chi connectivity index (χ0n) is 10.8. The average Bonchev–Trinajstić information content (AvgIpc) is 2.85. The van der Waals surface area contributed by atoms with Gasteiger partial charge in [0, 0.05) is 5.56 Å². The number of fused-ring (bicyclic) bond motifs is 1. The number of carboxylic acids is 1. The van der Waals surface area contributed by atoms with Crippen LogP contribution in [0.4, 0.5) is 0 Å². The maximum Gasteiger partial charge on any atom is 0.325 e. The van der Waals surface area contributed by atoms with E-state index in [-0.39, 0.29) is 6.54 Å². The molecule has 0 saturated carbocycles. The van der Waals surface area contributed by atoms with Gasteiger partial charge in [-0.15, -0.1) is 5.10 Å². The largest absolute Gasteiger partial charge is 0.480 e. The molecule has 3 aromatic rings. The quantitative estimate of drug-likeness (QED) is 0.784. The number of carboxylic acid groups (broad SMARTS) is 1. The summed E-state index contributed by atoms with van der Waals surface area (Å²) in [7, 11) is 0. The maximum atomic E-state index is 10.9. The molecule has 0 aliphatic rings. The van der Waals surface area contributed by atoms with Crippen LogP contribution in [0.2, 0.25) is 0 Å². The summed E-state index contributed by atoms with van der Waals surface area (Å²) in [5.41, 5.74) is 1.87. The van der Waals surface area contributed by atoms with Crippen LogP contribution < -0.4 is 0 Å². The van der Waals surface area contributed by atoms with Crippen molar-refractivity contribution in [2.45, 2.75) is 13.5 Å². The molecule has 0 fully saturated rings. The van der Waals surface area contributed by atoms with Crippen LogP contribution >= 0.6 is 0 Å². The molecule has 1 N–H and O–H groups in total. The molecule has 0 atom stereocenters. The van der Waals surface area contributed by atoms with E-state index in [1.807, 2.05) is 43.3 Å². The Kier molecular flexibility index (Phi) is 2.90. The summed E-state index contributed by atoms with van der Waals surface area (Å²) >= 11 is 0. The number of carbonyl (C=O) groups is 1. The maximum absolute atomic E-state index is 10.9. The van der Waals surface area contributed by atoms with Crippen molar-refractivity contribution in [2.24, 2.45) is 0 Å². The summed E-state index contributed by atoms with van der Waals surface area (Å²) in [6, 6.07) is 11.9. The summed E-state index contributed by atoms with van der Waals surface area (Å²) in [5.74, 6) is -0.502. The monoisotopic (exact) mass is 268 g/mol. The number of hydrogen-bond acceptors (Lipinski definition) is 4. The van der Waals surface area contributed by atoms with Crippen molar-refractivity contribution in [3.05, 3.63) is 42.0 Å². The molecule has 0 aliphatic carbocycles. The van der Waals surface area contributed by atoms with Crippen LogP contribution in [0.5, 0.6) is 0 Å². The number of hydrogen-bond donors (Lipinski definition) is 1. The molecule has 0 bridgehead atoms. The lowest BCUT2D eigenvalue weighted by Gasteiger charge is -2.09. The van der Waals surface area contributed by atoms with Gasteiger partial charge >= 0.3 is 5.97 Å². The van der Waals surface area contributed by atoms with E-state index < -0.39 is 5.97 Å². The van der Waals surface area contributed by atoms with E-state index in [1.54, 1.807) is 0 Å². The molecule has 20 heavy (non-hydrogen) atoms. The number of nitrogens with zero attached hydrogens (tertiary/aromatic N) is 4. The summed E-state index contributed by atoms with van der Waals surface area (Å²) in [6.45, 7) is 1.70. The third kappa shape index (κ3) is 2.01. The smallest absolute Gasteiger partial charge is 0.325 e. The van der Waals surface area contributed by atoms with Crippen molar-refractivity contribution in [2.75, 3.05) is 0 Å². The molecule has 0 amide bonds. The van der Waals surface area contributed by atoms with Crippen LogP contribution in [-0.4, -0.2) is 31.3 Å². The summed E-state index contributed by atoms with van der Waals surface area (Å²) < 4.78 is 1.30. The van der Waals surface area contributed by atoms with Crippen molar-refractivity contribution < 1.29 is 9.90 Å². The number of rotatable bonds is 3. The number of aromatic nitrogens is 4. The minimum atomic E-state index is -0.976. The first-order valence-electron chi connectivity index (χ1n) is 6.13. The fourth-order valence-electron chi connectivity index (χ4n) is 2.30. The van der Waals surface area contributed by atoms with Gasteiger partial charge in [-0.2, -0.15) is 0 Å². The third-order valence-corrected chi connectivity index (χ3v) is 3.18. The van der Waals surface area contributed by atoms with Gasteiger partial charge in [-0.25, -0.2) is 4.68 Å². The normalized spacial score (nSPS) is 10.8. The van der Waals surface area contributed by atoms with Gasteiger partial charge in [0.05, 0.1) is 0 Å². The van der Waals surface area contributed by atoms with E-state index in [0.29, 0.717) is 5.82 Å². The molecule has 6 heteroatoms. The molecule has 1 aromatic heterocycles. The van der Waals surface area contributed by atoms with Gasteiger partial charge in [0.25, 0.3) is 0 Å². The number of aliphatic carboxylic acids is 1. The fraction of sp³-hybridized carbons (Fsp3) is 0.143. The number of tetrazole rings is 1. The average molecular weight is 268 g/mol. The Hall–Kier alpha value is -2.76. The Labute approximate surface area is 114 Å². The molecule has 0 aliphatic heterocycles. The van der Waals surface area contributed by atoms with E-state index >= 15 is 0 Å². The van der Waals surface area contributed by atoms with Gasteiger partial charge in [0.15, 0.2) is 5.82 Å². The SMILES string of the molecule is Cc1ccc2ccccc2c1-c1nnnn1CC(=O)O. The molecule has 6 nitrogen and oxygen atoms in total. The highest BCUT2D eigenvalue weighted by atomic mass is 16.4. The minimum absolute atomic E-state index is 0.259. The second-order valence-corrected chi connectivity index (χ2v) is 4.53. The first-order valence-corrected chi connectivity index (χ1v) is 6.13. The number of benzene rings is 2. The highest BCUT2D eigenvalue weighted by molar-refractivity contribution is 5.96. The summed E-state index contributed by atoms with van der Waals surface area (Å²) in [5, 5.41) is 22.3. The Balaban J connectivity index is 2.27. The standard InChI is InChI=1S/C14H12N4O2/c1-9-6-7-10-4-2-3-5-11(10)13(9)14-15-16-17-18(14)8-12(19)20/h2-7H,8H2,1H3,(H,19,20). The Morgan fingerprint density at radius 1 is 1.25 bits per heavy atom. The second kappa shape index (κ2) is 4.73. The molecule has 0 radical (unpaired) electrons. The highest BCUT2D eigenvalue weighted by Crippen LogP contribution is 2.30. The van der Waals surface area contributed by atoms with Crippen LogP contribution in [0.3, 0.4) is 0 Å². The van der Waals surface area contributed by atoms with E-state index in [4.69, 9.17) is 5.11 Å². The lowest BCUT2D eigenvalue weighted by atomic mass is 9.99. The van der Waals surface area contributed by atoms with Crippen molar-refractivity contribution in [3.63, 3.8) is 0 Å². The molecule has 0 saturated heterocycles. The van der Waals surface area contributed by atoms with Crippen molar-refractivity contribution in [1.82, 2.24) is 20.2 Å². The van der Waals surface area contributed by atoms with Gasteiger partial charge in [0.2, 0.25) is 0 Å². The van der Waals surface area contributed by atoms with E-state index in [1.165, 1.54) is 4.68 Å². The Bertz CT molecular complexity index is 795. The number of aryl methyl sites for hydroxylation is 1. The van der Waals surface area contributed by atoms with Gasteiger partial charge in [0.1, 0.15) is 6.54 Å². The van der Waals surface area contributed by atoms with Crippen molar-refractivity contribution in [1.29, 1.82) is 0 Å². The van der Waals surface area contributed by atoms with E-state index in [2.05, 4.69) is 15.5 Å². The van der Waals surface area contributed by atoms with Crippen LogP contribution in [0, 0.1) is 6.92 Å². The molecule has 3 rings (SSSR count). The molecular weight excluding hydrogens is 256 g/mol. The van der Waals surface area contributed by atoms with Crippen LogP contribution in [0.15, 0.2) is 36.4 Å². The lowest BCUT2D eigenvalue weighted by molar-refractivity contribution is -0.137. The van der Waals surface area contributed by atoms with Gasteiger partial charge in [-0.1, -0.05) is 36.4 Å². The van der Waals surface area contributed by atoms with Gasteiger partial charge < -0.3 is 5.11 Å². The third-order valence-electron chi connectivity index (χ3n) is 3.18. The van der Waals surface area contributed by atoms with Crippen LogP contribution in [-0.2, 0) is 11.3 Å². The second-order valence-electron chi connectivity index (χ2n) is 4.53. The first kappa shape index (κ1) is 12.3. The van der Waals surface area contributed by atoms with E-state index in [9.17, 15) is 4.79 Å². The highest BCUT2D eigenvalue weighted by Gasteiger charge is 2.16. The molecule has 1 heterocycles. The molecule has 100 valence electrons. The predicted molar refractivity (Wildman–Crippen MR) is 73.1 cm³/mol. The summed E-state index contributed by atoms with van der Waals surface area (Å²) in [6.07, 6.45) is 0. The fourth-order valence-corrected chi connectivity index (χ4v) is 2.30.